The van der Waals surface area contributed by atoms with E-state index in [4.69, 9.17) is 19.3 Å². The van der Waals surface area contributed by atoms with Gasteiger partial charge in [-0.2, -0.15) is 13.2 Å². The number of amides is 1. The van der Waals surface area contributed by atoms with Crippen LogP contribution in [0, 0.1) is 5.82 Å². The molecule has 0 bridgehead atoms. The van der Waals surface area contributed by atoms with Gasteiger partial charge < -0.3 is 24.6 Å². The summed E-state index contributed by atoms with van der Waals surface area (Å²) >= 11 is 0. The average molecular weight is 536 g/mol. The van der Waals surface area contributed by atoms with Crippen molar-refractivity contribution >= 4 is 11.7 Å². The number of aliphatic hydroxyl groups is 1. The predicted molar refractivity (Wildman–Crippen MR) is 128 cm³/mol. The van der Waals surface area contributed by atoms with Gasteiger partial charge in [-0.15, -0.1) is 0 Å². The van der Waals surface area contributed by atoms with Gasteiger partial charge in [0.2, 0.25) is 0 Å². The van der Waals surface area contributed by atoms with Crippen molar-refractivity contribution in [1.82, 2.24) is 10.3 Å². The molecule has 1 heterocycles. The lowest BCUT2D eigenvalue weighted by molar-refractivity contribution is -0.139. The zero-order valence-electron chi connectivity index (χ0n) is 20.4. The van der Waals surface area contributed by atoms with Crippen LogP contribution in [-0.2, 0) is 6.18 Å². The SMILES string of the molecule is CCOc1ccc(C(=O)CNC(=O)c2ccc(OCCO)c(OC)c2)nc1-c1ccc(F)c(C(F)(F)F)c1. The molecule has 8 nitrogen and oxygen atoms in total. The lowest BCUT2D eigenvalue weighted by Gasteiger charge is -2.14. The molecule has 0 saturated carbocycles. The highest BCUT2D eigenvalue weighted by Gasteiger charge is 2.34. The Labute approximate surface area is 215 Å². The largest absolute Gasteiger partial charge is 0.493 e. The molecule has 3 aromatic rings. The molecule has 202 valence electrons. The van der Waals surface area contributed by atoms with Crippen molar-refractivity contribution in [2.75, 3.05) is 33.5 Å². The van der Waals surface area contributed by atoms with Crippen molar-refractivity contribution in [2.24, 2.45) is 0 Å². The zero-order valence-corrected chi connectivity index (χ0v) is 20.4. The number of carbonyl (C=O) groups excluding carboxylic acids is 2. The third-order valence-corrected chi connectivity index (χ3v) is 5.17. The Balaban J connectivity index is 1.82. The van der Waals surface area contributed by atoms with Gasteiger partial charge in [-0.1, -0.05) is 0 Å². The van der Waals surface area contributed by atoms with Gasteiger partial charge in [-0.3, -0.25) is 9.59 Å². The lowest BCUT2D eigenvalue weighted by Crippen LogP contribution is -2.30. The first kappa shape index (κ1) is 28.4. The van der Waals surface area contributed by atoms with Crippen molar-refractivity contribution in [3.8, 4) is 28.5 Å². The van der Waals surface area contributed by atoms with Gasteiger partial charge in [0.15, 0.2) is 17.3 Å². The molecule has 2 N–H and O–H groups in total. The maximum absolute atomic E-state index is 13.8. The normalized spacial score (nSPS) is 11.1. The van der Waals surface area contributed by atoms with Gasteiger partial charge in [0.1, 0.15) is 29.6 Å². The van der Waals surface area contributed by atoms with E-state index in [2.05, 4.69) is 10.3 Å². The maximum atomic E-state index is 13.8. The van der Waals surface area contributed by atoms with E-state index in [0.717, 1.165) is 6.07 Å². The molecule has 38 heavy (non-hydrogen) atoms. The third kappa shape index (κ3) is 6.76. The number of ether oxygens (including phenoxy) is 3. The van der Waals surface area contributed by atoms with Crippen LogP contribution in [0.2, 0.25) is 0 Å². The number of hydrogen-bond donors (Lipinski definition) is 2. The van der Waals surface area contributed by atoms with E-state index in [-0.39, 0.29) is 53.8 Å². The third-order valence-electron chi connectivity index (χ3n) is 5.17. The Morgan fingerprint density at radius 2 is 1.74 bits per heavy atom. The highest BCUT2D eigenvalue weighted by Crippen LogP contribution is 2.36. The Kier molecular flexibility index (Phi) is 9.24. The van der Waals surface area contributed by atoms with Crippen LogP contribution < -0.4 is 19.5 Å². The minimum Gasteiger partial charge on any atom is -0.493 e. The molecular weight excluding hydrogens is 512 g/mol. The predicted octanol–water partition coefficient (Wildman–Crippen LogP) is 4.30. The number of benzene rings is 2. The summed E-state index contributed by atoms with van der Waals surface area (Å²) in [6, 6.07) is 9.36. The maximum Gasteiger partial charge on any atom is 0.419 e. The van der Waals surface area contributed by atoms with Gasteiger partial charge in [-0.05, 0) is 55.5 Å². The molecule has 0 radical (unpaired) electrons. The van der Waals surface area contributed by atoms with E-state index in [1.807, 2.05) is 0 Å². The molecule has 0 saturated heterocycles. The summed E-state index contributed by atoms with van der Waals surface area (Å²) in [5, 5.41) is 11.3. The quantitative estimate of drug-likeness (QED) is 0.278. The van der Waals surface area contributed by atoms with E-state index < -0.39 is 35.8 Å². The van der Waals surface area contributed by atoms with Crippen LogP contribution in [0.5, 0.6) is 17.2 Å². The number of hydrogen-bond acceptors (Lipinski definition) is 7. The van der Waals surface area contributed by atoms with Gasteiger partial charge >= 0.3 is 6.18 Å². The lowest BCUT2D eigenvalue weighted by atomic mass is 10.0. The molecule has 3 rings (SSSR count). The summed E-state index contributed by atoms with van der Waals surface area (Å²) in [4.78, 5) is 29.5. The summed E-state index contributed by atoms with van der Waals surface area (Å²) in [6.45, 7) is 1.17. The number of methoxy groups -OCH3 is 1. The van der Waals surface area contributed by atoms with E-state index >= 15 is 0 Å². The minimum absolute atomic E-state index is 0.0307. The van der Waals surface area contributed by atoms with E-state index in [1.165, 1.54) is 37.4 Å². The molecule has 2 aromatic carbocycles. The highest BCUT2D eigenvalue weighted by molar-refractivity contribution is 6.01. The van der Waals surface area contributed by atoms with Crippen molar-refractivity contribution in [1.29, 1.82) is 0 Å². The second-order valence-corrected chi connectivity index (χ2v) is 7.71. The van der Waals surface area contributed by atoms with Crippen LogP contribution in [0.1, 0.15) is 33.3 Å². The number of aromatic nitrogens is 1. The fourth-order valence-electron chi connectivity index (χ4n) is 3.41. The number of aliphatic hydroxyl groups excluding tert-OH is 1. The molecule has 0 spiro atoms. The van der Waals surface area contributed by atoms with Gasteiger partial charge in [0.25, 0.3) is 5.91 Å². The standard InChI is InChI=1S/C26H24F4N2O6/c1-3-37-22-9-7-19(32-24(22)15-4-6-18(27)17(12-15)26(28,29)30)20(34)14-31-25(35)16-5-8-21(38-11-10-33)23(13-16)36-2/h4-9,12-13,33H,3,10-11,14H2,1-2H3,(H,31,35). The summed E-state index contributed by atoms with van der Waals surface area (Å²) < 4.78 is 69.4. The molecule has 1 amide bonds. The first-order chi connectivity index (χ1) is 18.1. The molecule has 12 heteroatoms. The minimum atomic E-state index is -4.94. The van der Waals surface area contributed by atoms with Crippen LogP contribution in [0.25, 0.3) is 11.3 Å². The van der Waals surface area contributed by atoms with Crippen molar-refractivity contribution in [2.45, 2.75) is 13.1 Å². The number of Topliss-reactive ketones (excluding diaryl/α,β-unsaturated/α-hetero) is 1. The van der Waals surface area contributed by atoms with Crippen LogP contribution >= 0.6 is 0 Å². The fraction of sp³-hybridized carbons (Fsp3) is 0.269. The number of carbonyl (C=O) groups is 2. The topological polar surface area (TPSA) is 107 Å². The molecule has 0 aliphatic carbocycles. The number of rotatable bonds is 11. The summed E-state index contributed by atoms with van der Waals surface area (Å²) in [5.41, 5.74) is -1.65. The van der Waals surface area contributed by atoms with Gasteiger partial charge in [0, 0.05) is 11.1 Å². The number of ketones is 1. The second-order valence-electron chi connectivity index (χ2n) is 7.71. The van der Waals surface area contributed by atoms with Crippen molar-refractivity contribution in [3.05, 3.63) is 71.2 Å². The smallest absolute Gasteiger partial charge is 0.419 e. The van der Waals surface area contributed by atoms with E-state index in [1.54, 1.807) is 6.92 Å². The van der Waals surface area contributed by atoms with Crippen LogP contribution in [-0.4, -0.2) is 55.3 Å². The molecule has 0 atom stereocenters. The Hall–Kier alpha value is -4.19. The summed E-state index contributed by atoms with van der Waals surface area (Å²) in [5.74, 6) is -2.02. The summed E-state index contributed by atoms with van der Waals surface area (Å²) in [6.07, 6.45) is -4.94. The van der Waals surface area contributed by atoms with Crippen molar-refractivity contribution in [3.63, 3.8) is 0 Å². The fourth-order valence-corrected chi connectivity index (χ4v) is 3.41. The molecular formula is C26H24F4N2O6. The number of alkyl halides is 3. The Bertz CT molecular complexity index is 1310. The van der Waals surface area contributed by atoms with Crippen LogP contribution in [0.15, 0.2) is 48.5 Å². The Morgan fingerprint density at radius 3 is 2.39 bits per heavy atom. The number of nitrogens with one attached hydrogen (secondary N) is 1. The summed E-state index contributed by atoms with van der Waals surface area (Å²) in [7, 11) is 1.38. The van der Waals surface area contributed by atoms with Crippen LogP contribution in [0.3, 0.4) is 0 Å². The Morgan fingerprint density at radius 1 is 1.00 bits per heavy atom. The van der Waals surface area contributed by atoms with Crippen LogP contribution in [0.4, 0.5) is 17.6 Å². The van der Waals surface area contributed by atoms with Gasteiger partial charge in [0.05, 0.1) is 32.4 Å². The first-order valence-electron chi connectivity index (χ1n) is 11.3. The monoisotopic (exact) mass is 536 g/mol. The average Bonchev–Trinajstić information content (AvgIpc) is 2.90. The number of pyridine rings is 1. The number of halogens is 4. The molecule has 0 aliphatic heterocycles. The first-order valence-corrected chi connectivity index (χ1v) is 11.3. The van der Waals surface area contributed by atoms with E-state index in [9.17, 15) is 27.2 Å². The van der Waals surface area contributed by atoms with Gasteiger partial charge in [-0.25, -0.2) is 9.37 Å². The van der Waals surface area contributed by atoms with Crippen molar-refractivity contribution < 1.29 is 46.5 Å². The molecule has 0 unspecified atom stereocenters. The highest BCUT2D eigenvalue weighted by atomic mass is 19.4. The zero-order chi connectivity index (χ0) is 27.9. The van der Waals surface area contributed by atoms with E-state index in [0.29, 0.717) is 17.9 Å². The second kappa shape index (κ2) is 12.4. The molecule has 1 aromatic heterocycles. The number of nitrogens with zero attached hydrogens (tertiary/aromatic N) is 1. The molecule has 0 aliphatic rings. The molecule has 0 fully saturated rings.